The molecule has 25 heavy (non-hydrogen) atoms. The third-order valence-corrected chi connectivity index (χ3v) is 4.29. The minimum absolute atomic E-state index is 0.0786. The van der Waals surface area contributed by atoms with Crippen LogP contribution in [0.5, 0.6) is 0 Å². The second kappa shape index (κ2) is 6.94. The van der Waals surface area contributed by atoms with E-state index in [9.17, 15) is 9.18 Å². The molecule has 1 amide bonds. The molecule has 1 aromatic heterocycles. The summed E-state index contributed by atoms with van der Waals surface area (Å²) in [6, 6.07) is 4.61. The molecule has 2 heterocycles. The van der Waals surface area contributed by atoms with E-state index in [0.29, 0.717) is 23.5 Å². The van der Waals surface area contributed by atoms with E-state index in [1.165, 1.54) is 6.07 Å². The fraction of sp³-hybridized carbons (Fsp3) is 0.526. The molecule has 0 fully saturated rings. The maximum absolute atomic E-state index is 14.4. The van der Waals surface area contributed by atoms with Crippen LogP contribution in [0.2, 0.25) is 0 Å². The normalized spacial score (nSPS) is 14.7. The summed E-state index contributed by atoms with van der Waals surface area (Å²) >= 11 is 0. The molecule has 0 radical (unpaired) electrons. The molecule has 0 saturated carbocycles. The number of benzene rings is 1. The zero-order valence-electron chi connectivity index (χ0n) is 15.1. The van der Waals surface area contributed by atoms with Gasteiger partial charge in [0.2, 0.25) is 5.91 Å². The smallest absolute Gasteiger partial charge is 0.224 e. The third-order valence-electron chi connectivity index (χ3n) is 4.29. The van der Waals surface area contributed by atoms with E-state index in [2.05, 4.69) is 15.5 Å². The maximum Gasteiger partial charge on any atom is 0.224 e. The molecule has 1 N–H and O–H groups in total. The van der Waals surface area contributed by atoms with Crippen molar-refractivity contribution in [1.82, 2.24) is 14.8 Å². The van der Waals surface area contributed by atoms with Crippen LogP contribution in [-0.2, 0) is 17.8 Å². The van der Waals surface area contributed by atoms with Crippen molar-refractivity contribution >= 4 is 11.6 Å². The highest BCUT2D eigenvalue weighted by atomic mass is 19.1. The second-order valence-corrected chi connectivity index (χ2v) is 7.88. The predicted molar refractivity (Wildman–Crippen MR) is 95.7 cm³/mol. The first-order valence-corrected chi connectivity index (χ1v) is 8.85. The highest BCUT2D eigenvalue weighted by Gasteiger charge is 2.20. The molecule has 0 bridgehead atoms. The zero-order valence-corrected chi connectivity index (χ0v) is 15.1. The summed E-state index contributed by atoms with van der Waals surface area (Å²) in [4.78, 5) is 12.2. The lowest BCUT2D eigenvalue weighted by Crippen LogP contribution is -2.19. The van der Waals surface area contributed by atoms with Crippen molar-refractivity contribution in [3.63, 3.8) is 0 Å². The van der Waals surface area contributed by atoms with Gasteiger partial charge in [0.15, 0.2) is 5.82 Å². The van der Waals surface area contributed by atoms with Crippen molar-refractivity contribution in [3.05, 3.63) is 29.8 Å². The molecule has 134 valence electrons. The molecule has 1 aliphatic rings. The zero-order chi connectivity index (χ0) is 18.0. The van der Waals surface area contributed by atoms with Crippen molar-refractivity contribution < 1.29 is 9.18 Å². The third kappa shape index (κ3) is 4.24. The second-order valence-electron chi connectivity index (χ2n) is 7.88. The number of fused-ring (bicyclic) bond motifs is 1. The lowest BCUT2D eigenvalue weighted by atomic mass is 9.92. The number of halogens is 1. The number of amides is 1. The molecule has 1 aromatic carbocycles. The summed E-state index contributed by atoms with van der Waals surface area (Å²) < 4.78 is 16.4. The summed E-state index contributed by atoms with van der Waals surface area (Å²) in [5.74, 6) is 1.02. The minimum Gasteiger partial charge on any atom is -0.326 e. The molecule has 3 rings (SSSR count). The number of nitrogens with one attached hydrogen (secondary N) is 1. The summed E-state index contributed by atoms with van der Waals surface area (Å²) in [7, 11) is 0. The van der Waals surface area contributed by atoms with Crippen molar-refractivity contribution in [1.29, 1.82) is 0 Å². The van der Waals surface area contributed by atoms with Crippen LogP contribution in [0.1, 0.15) is 52.3 Å². The number of rotatable bonds is 3. The van der Waals surface area contributed by atoms with Crippen LogP contribution < -0.4 is 5.32 Å². The van der Waals surface area contributed by atoms with E-state index in [1.807, 2.05) is 25.3 Å². The molecule has 0 saturated heterocycles. The molecule has 0 atom stereocenters. The molecule has 0 unspecified atom stereocenters. The number of aromatic nitrogens is 3. The SMILES string of the molecule is CC(C)(C)CC(=O)Nc1ccc(F)c(-c2nnc3n2CCCCC3)c1. The van der Waals surface area contributed by atoms with Gasteiger partial charge < -0.3 is 9.88 Å². The molecule has 1 aliphatic heterocycles. The van der Waals surface area contributed by atoms with Crippen LogP contribution >= 0.6 is 0 Å². The number of hydrogen-bond donors (Lipinski definition) is 1. The van der Waals surface area contributed by atoms with E-state index in [1.54, 1.807) is 12.1 Å². The minimum atomic E-state index is -0.353. The Morgan fingerprint density at radius 1 is 1.24 bits per heavy atom. The Balaban J connectivity index is 1.88. The predicted octanol–water partition coefficient (Wildman–Crippen LogP) is 4.19. The quantitative estimate of drug-likeness (QED) is 0.908. The van der Waals surface area contributed by atoms with Crippen LogP contribution in [0.15, 0.2) is 18.2 Å². The molecular weight excluding hydrogens is 319 g/mol. The van der Waals surface area contributed by atoms with Gasteiger partial charge in [0.25, 0.3) is 0 Å². The Morgan fingerprint density at radius 2 is 2.04 bits per heavy atom. The average molecular weight is 344 g/mol. The van der Waals surface area contributed by atoms with E-state index < -0.39 is 0 Å². The summed E-state index contributed by atoms with van der Waals surface area (Å²) in [6.45, 7) is 6.83. The van der Waals surface area contributed by atoms with E-state index in [4.69, 9.17) is 0 Å². The molecule has 2 aromatic rings. The molecular formula is C19H25FN4O. The molecule has 5 nitrogen and oxygen atoms in total. The first-order chi connectivity index (χ1) is 11.8. The van der Waals surface area contributed by atoms with Crippen LogP contribution in [-0.4, -0.2) is 20.7 Å². The Hall–Kier alpha value is -2.24. The fourth-order valence-corrected chi connectivity index (χ4v) is 3.15. The van der Waals surface area contributed by atoms with Crippen LogP contribution in [0.4, 0.5) is 10.1 Å². The van der Waals surface area contributed by atoms with E-state index in [0.717, 1.165) is 38.1 Å². The Bertz CT molecular complexity index is 776. The van der Waals surface area contributed by atoms with Gasteiger partial charge >= 0.3 is 0 Å². The van der Waals surface area contributed by atoms with Crippen molar-refractivity contribution in [3.8, 4) is 11.4 Å². The lowest BCUT2D eigenvalue weighted by Gasteiger charge is -2.17. The maximum atomic E-state index is 14.4. The standard InChI is InChI=1S/C19H25FN4O/c1-19(2,3)12-17(25)21-13-8-9-15(20)14(11-13)18-23-22-16-7-5-4-6-10-24(16)18/h8-9,11H,4-7,10,12H2,1-3H3,(H,21,25). The molecule has 0 aliphatic carbocycles. The Morgan fingerprint density at radius 3 is 2.80 bits per heavy atom. The summed E-state index contributed by atoms with van der Waals surface area (Å²) in [5, 5.41) is 11.3. The monoisotopic (exact) mass is 344 g/mol. The van der Waals surface area contributed by atoms with Crippen molar-refractivity contribution in [2.24, 2.45) is 5.41 Å². The van der Waals surface area contributed by atoms with Gasteiger partial charge in [-0.3, -0.25) is 4.79 Å². The summed E-state index contributed by atoms with van der Waals surface area (Å²) in [5.41, 5.74) is 0.864. The van der Waals surface area contributed by atoms with Gasteiger partial charge in [0.05, 0.1) is 5.56 Å². The largest absolute Gasteiger partial charge is 0.326 e. The highest BCUT2D eigenvalue weighted by Crippen LogP contribution is 2.28. The summed E-state index contributed by atoms with van der Waals surface area (Å²) in [6.07, 6.45) is 4.55. The van der Waals surface area contributed by atoms with Gasteiger partial charge in [0.1, 0.15) is 11.6 Å². The highest BCUT2D eigenvalue weighted by molar-refractivity contribution is 5.91. The topological polar surface area (TPSA) is 59.8 Å². The van der Waals surface area contributed by atoms with Gasteiger partial charge in [-0.2, -0.15) is 0 Å². The Labute approximate surface area is 147 Å². The fourth-order valence-electron chi connectivity index (χ4n) is 3.15. The van der Waals surface area contributed by atoms with Gasteiger partial charge in [-0.05, 0) is 36.5 Å². The van der Waals surface area contributed by atoms with Gasteiger partial charge in [-0.15, -0.1) is 10.2 Å². The van der Waals surface area contributed by atoms with Gasteiger partial charge in [0, 0.05) is 25.1 Å². The number of hydrogen-bond acceptors (Lipinski definition) is 3. The first kappa shape index (κ1) is 17.6. The van der Waals surface area contributed by atoms with Gasteiger partial charge in [-0.25, -0.2) is 4.39 Å². The first-order valence-electron chi connectivity index (χ1n) is 8.85. The number of carbonyl (C=O) groups excluding carboxylic acids is 1. The Kier molecular flexibility index (Phi) is 4.88. The lowest BCUT2D eigenvalue weighted by molar-refractivity contribution is -0.117. The van der Waals surface area contributed by atoms with Crippen molar-refractivity contribution in [2.75, 3.05) is 5.32 Å². The van der Waals surface area contributed by atoms with E-state index >= 15 is 0 Å². The van der Waals surface area contributed by atoms with Gasteiger partial charge in [-0.1, -0.05) is 27.2 Å². The van der Waals surface area contributed by atoms with Crippen LogP contribution in [0, 0.1) is 11.2 Å². The number of aryl methyl sites for hydroxylation is 1. The molecule has 0 spiro atoms. The molecule has 6 heteroatoms. The number of carbonyl (C=O) groups is 1. The number of anilines is 1. The van der Waals surface area contributed by atoms with Crippen LogP contribution in [0.25, 0.3) is 11.4 Å². The van der Waals surface area contributed by atoms with Crippen LogP contribution in [0.3, 0.4) is 0 Å². The number of nitrogens with zero attached hydrogens (tertiary/aromatic N) is 3. The van der Waals surface area contributed by atoms with E-state index in [-0.39, 0.29) is 17.1 Å². The van der Waals surface area contributed by atoms with Crippen molar-refractivity contribution in [2.45, 2.75) is 59.4 Å². The average Bonchev–Trinajstić information content (AvgIpc) is 2.75.